The number of carbonyl (C=O) groups is 1. The number of hydrogen-bond donors (Lipinski definition) is 2. The number of benzene rings is 1. The maximum atomic E-state index is 13.0. The molecule has 6 nitrogen and oxygen atoms in total. The van der Waals surface area contributed by atoms with E-state index in [9.17, 15) is 13.2 Å². The Balaban J connectivity index is 1.66. The summed E-state index contributed by atoms with van der Waals surface area (Å²) in [6.07, 6.45) is 4.13. The minimum atomic E-state index is -3.50. The summed E-state index contributed by atoms with van der Waals surface area (Å²) in [4.78, 5) is 12.8. The standard InChI is InChI=1S/C19H29N3O3S/c1-15-7-6-12-22(14-15)21-18(23)13-16-8-5-11-20-19(16)26(24,25)17-9-3-2-4-10-17/h2-4,9-10,15-16,19-20H,5-8,11-14H2,1H3,(H,21,23). The van der Waals surface area contributed by atoms with Crippen LogP contribution in [-0.4, -0.2) is 44.3 Å². The predicted molar refractivity (Wildman–Crippen MR) is 101 cm³/mol. The Labute approximate surface area is 156 Å². The van der Waals surface area contributed by atoms with Crippen molar-refractivity contribution in [2.45, 2.75) is 49.3 Å². The van der Waals surface area contributed by atoms with Crippen molar-refractivity contribution in [3.8, 4) is 0 Å². The molecule has 0 radical (unpaired) electrons. The van der Waals surface area contributed by atoms with Crippen molar-refractivity contribution in [3.63, 3.8) is 0 Å². The largest absolute Gasteiger partial charge is 0.301 e. The third kappa shape index (κ3) is 4.64. The second kappa shape index (κ2) is 8.50. The summed E-state index contributed by atoms with van der Waals surface area (Å²) in [5, 5.41) is 4.42. The van der Waals surface area contributed by atoms with E-state index in [-0.39, 0.29) is 18.2 Å². The first-order valence-electron chi connectivity index (χ1n) is 9.53. The van der Waals surface area contributed by atoms with E-state index in [0.717, 1.165) is 32.4 Å². The van der Waals surface area contributed by atoms with Crippen LogP contribution in [-0.2, 0) is 14.6 Å². The molecule has 1 aromatic rings. The molecule has 144 valence electrons. The highest BCUT2D eigenvalue weighted by atomic mass is 32.2. The summed E-state index contributed by atoms with van der Waals surface area (Å²) in [5.41, 5.74) is 2.98. The lowest BCUT2D eigenvalue weighted by atomic mass is 9.95. The molecule has 2 N–H and O–H groups in total. The van der Waals surface area contributed by atoms with Gasteiger partial charge in [-0.2, -0.15) is 0 Å². The van der Waals surface area contributed by atoms with Gasteiger partial charge in [0.2, 0.25) is 5.91 Å². The van der Waals surface area contributed by atoms with Gasteiger partial charge in [0, 0.05) is 19.5 Å². The summed E-state index contributed by atoms with van der Waals surface area (Å²) in [6, 6.07) is 8.51. The molecule has 2 heterocycles. The molecule has 7 heteroatoms. The van der Waals surface area contributed by atoms with Gasteiger partial charge < -0.3 is 5.32 Å². The molecule has 1 amide bonds. The fourth-order valence-electron chi connectivity index (χ4n) is 4.01. The van der Waals surface area contributed by atoms with Crippen molar-refractivity contribution in [2.75, 3.05) is 19.6 Å². The summed E-state index contributed by atoms with van der Waals surface area (Å²) >= 11 is 0. The molecule has 26 heavy (non-hydrogen) atoms. The van der Waals surface area contributed by atoms with Crippen LogP contribution in [0.1, 0.15) is 39.0 Å². The van der Waals surface area contributed by atoms with Gasteiger partial charge in [-0.1, -0.05) is 25.1 Å². The zero-order valence-corrected chi connectivity index (χ0v) is 16.2. The van der Waals surface area contributed by atoms with E-state index in [1.54, 1.807) is 30.3 Å². The molecule has 0 aliphatic carbocycles. The van der Waals surface area contributed by atoms with Gasteiger partial charge in [-0.25, -0.2) is 13.4 Å². The van der Waals surface area contributed by atoms with Gasteiger partial charge in [-0.15, -0.1) is 0 Å². The Morgan fingerprint density at radius 3 is 2.73 bits per heavy atom. The molecule has 3 atom stereocenters. The van der Waals surface area contributed by atoms with Crippen LogP contribution in [0.3, 0.4) is 0 Å². The Kier molecular flexibility index (Phi) is 6.32. The number of amides is 1. The van der Waals surface area contributed by atoms with Gasteiger partial charge in [0.15, 0.2) is 9.84 Å². The number of hydrogen-bond acceptors (Lipinski definition) is 5. The second-order valence-electron chi connectivity index (χ2n) is 7.57. The average molecular weight is 380 g/mol. The Bertz CT molecular complexity index is 708. The van der Waals surface area contributed by atoms with Gasteiger partial charge in [-0.3, -0.25) is 10.2 Å². The van der Waals surface area contributed by atoms with Gasteiger partial charge in [0.05, 0.1) is 4.90 Å². The molecule has 3 rings (SSSR count). The smallest absolute Gasteiger partial charge is 0.234 e. The van der Waals surface area contributed by atoms with Gasteiger partial charge in [0.1, 0.15) is 5.37 Å². The van der Waals surface area contributed by atoms with Crippen molar-refractivity contribution in [1.29, 1.82) is 0 Å². The van der Waals surface area contributed by atoms with Crippen LogP contribution in [0.15, 0.2) is 35.2 Å². The van der Waals surface area contributed by atoms with Gasteiger partial charge in [0.25, 0.3) is 0 Å². The van der Waals surface area contributed by atoms with Crippen LogP contribution in [0.25, 0.3) is 0 Å². The van der Waals surface area contributed by atoms with Crippen molar-refractivity contribution in [1.82, 2.24) is 15.8 Å². The highest BCUT2D eigenvalue weighted by Crippen LogP contribution is 2.28. The maximum Gasteiger partial charge on any atom is 0.234 e. The number of piperidine rings is 2. The lowest BCUT2D eigenvalue weighted by Crippen LogP contribution is -2.51. The van der Waals surface area contributed by atoms with E-state index < -0.39 is 15.2 Å². The molecule has 0 aromatic heterocycles. The molecule has 2 saturated heterocycles. The summed E-state index contributed by atoms with van der Waals surface area (Å²) < 4.78 is 26.0. The predicted octanol–water partition coefficient (Wildman–Crippen LogP) is 1.94. The molecule has 2 fully saturated rings. The van der Waals surface area contributed by atoms with E-state index >= 15 is 0 Å². The Hall–Kier alpha value is -1.44. The van der Waals surface area contributed by atoms with E-state index in [1.165, 1.54) is 6.42 Å². The summed E-state index contributed by atoms with van der Waals surface area (Å²) in [6.45, 7) is 4.58. The van der Waals surface area contributed by atoms with E-state index in [2.05, 4.69) is 17.7 Å². The number of carbonyl (C=O) groups excluding carboxylic acids is 1. The normalized spacial score (nSPS) is 27.8. The Morgan fingerprint density at radius 2 is 2.00 bits per heavy atom. The highest BCUT2D eigenvalue weighted by Gasteiger charge is 2.37. The van der Waals surface area contributed by atoms with Crippen LogP contribution in [0, 0.1) is 11.8 Å². The number of nitrogens with one attached hydrogen (secondary N) is 2. The molecule has 0 saturated carbocycles. The first kappa shape index (κ1) is 19.3. The van der Waals surface area contributed by atoms with Crippen LogP contribution in [0.4, 0.5) is 0 Å². The number of hydrazine groups is 1. The second-order valence-corrected chi connectivity index (χ2v) is 9.64. The molecular formula is C19H29N3O3S. The molecule has 2 aliphatic heterocycles. The summed E-state index contributed by atoms with van der Waals surface area (Å²) in [5.74, 6) is 0.281. The van der Waals surface area contributed by atoms with Crippen molar-refractivity contribution >= 4 is 15.7 Å². The first-order chi connectivity index (χ1) is 12.5. The molecule has 0 bridgehead atoms. The molecule has 0 spiro atoms. The third-order valence-electron chi connectivity index (χ3n) is 5.32. The minimum absolute atomic E-state index is 0.0824. The van der Waals surface area contributed by atoms with Gasteiger partial charge in [-0.05, 0) is 56.2 Å². The van der Waals surface area contributed by atoms with Crippen molar-refractivity contribution < 1.29 is 13.2 Å². The summed E-state index contributed by atoms with van der Waals surface area (Å²) in [7, 11) is -3.50. The van der Waals surface area contributed by atoms with Crippen LogP contribution < -0.4 is 10.7 Å². The minimum Gasteiger partial charge on any atom is -0.301 e. The molecular weight excluding hydrogens is 350 g/mol. The van der Waals surface area contributed by atoms with E-state index in [1.807, 2.05) is 5.01 Å². The molecule has 1 aromatic carbocycles. The molecule has 2 aliphatic rings. The topological polar surface area (TPSA) is 78.5 Å². The zero-order chi connectivity index (χ0) is 18.6. The number of rotatable bonds is 5. The average Bonchev–Trinajstić information content (AvgIpc) is 2.63. The Morgan fingerprint density at radius 1 is 1.23 bits per heavy atom. The number of nitrogens with zero attached hydrogens (tertiary/aromatic N) is 1. The third-order valence-corrected chi connectivity index (χ3v) is 7.47. The number of sulfone groups is 1. The SMILES string of the molecule is CC1CCCN(NC(=O)CC2CCCNC2S(=O)(=O)c2ccccc2)C1. The fraction of sp³-hybridized carbons (Fsp3) is 0.632. The van der Waals surface area contributed by atoms with E-state index in [4.69, 9.17) is 0 Å². The lowest BCUT2D eigenvalue weighted by Gasteiger charge is -2.34. The van der Waals surface area contributed by atoms with Crippen LogP contribution in [0.2, 0.25) is 0 Å². The zero-order valence-electron chi connectivity index (χ0n) is 15.4. The van der Waals surface area contributed by atoms with Crippen LogP contribution >= 0.6 is 0 Å². The van der Waals surface area contributed by atoms with Crippen molar-refractivity contribution in [2.24, 2.45) is 11.8 Å². The molecule has 3 unspecified atom stereocenters. The fourth-order valence-corrected chi connectivity index (χ4v) is 5.91. The van der Waals surface area contributed by atoms with E-state index in [0.29, 0.717) is 17.4 Å². The maximum absolute atomic E-state index is 13.0. The monoisotopic (exact) mass is 379 g/mol. The quantitative estimate of drug-likeness (QED) is 0.817. The first-order valence-corrected chi connectivity index (χ1v) is 11.1. The van der Waals surface area contributed by atoms with Crippen molar-refractivity contribution in [3.05, 3.63) is 30.3 Å². The van der Waals surface area contributed by atoms with Crippen LogP contribution in [0.5, 0.6) is 0 Å². The lowest BCUT2D eigenvalue weighted by molar-refractivity contribution is -0.127. The highest BCUT2D eigenvalue weighted by molar-refractivity contribution is 7.92. The van der Waals surface area contributed by atoms with Gasteiger partial charge >= 0.3 is 0 Å².